The molecule has 0 atom stereocenters. The number of carbonyl (C=O) groups excluding carboxylic acids is 1. The Morgan fingerprint density at radius 3 is 1.75 bits per heavy atom. The minimum absolute atomic E-state index is 0.0573. The van der Waals surface area contributed by atoms with E-state index in [1.54, 1.807) is 0 Å². The molecule has 0 aliphatic rings. The second-order valence-electron chi connectivity index (χ2n) is 3.19. The van der Waals surface area contributed by atoms with Crippen LogP contribution in [0.2, 0.25) is 0 Å². The molecule has 0 rings (SSSR count). The van der Waals surface area contributed by atoms with Crippen molar-refractivity contribution in [3.63, 3.8) is 0 Å². The van der Waals surface area contributed by atoms with E-state index < -0.39 is 24.0 Å². The minimum atomic E-state index is -4.31. The molecule has 4 N–H and O–H groups in total. The molecule has 0 amide bonds. The molecule has 0 aliphatic carbocycles. The number of ether oxygens (including phenoxy) is 1. The average molecular weight is 306 g/mol. The highest BCUT2D eigenvalue weighted by Crippen LogP contribution is 2.69. The van der Waals surface area contributed by atoms with Gasteiger partial charge in [0.2, 0.25) is 13.0 Å². The van der Waals surface area contributed by atoms with E-state index in [-0.39, 0.29) is 5.57 Å². The molecule has 0 spiro atoms. The Balaban J connectivity index is 5.48. The first-order valence-corrected chi connectivity index (χ1v) is 9.24. The van der Waals surface area contributed by atoms with Gasteiger partial charge in [-0.2, -0.15) is 0 Å². The lowest BCUT2D eigenvalue weighted by molar-refractivity contribution is -0.143. The summed E-state index contributed by atoms with van der Waals surface area (Å²) in [4.78, 5) is 48.5. The lowest BCUT2D eigenvalue weighted by Gasteiger charge is -2.35. The molecule has 0 aromatic heterocycles. The number of esters is 1. The zero-order valence-corrected chi connectivity index (χ0v) is 11.9. The van der Waals surface area contributed by atoms with Crippen LogP contribution >= 0.6 is 13.0 Å². The van der Waals surface area contributed by atoms with Crippen LogP contribution in [0.25, 0.3) is 0 Å². The SMILES string of the molecule is C=C(C)C(=O)OC(C)(P(O)(O)=S)P(O)(O)=S. The molecular formula is C6H12O6P2S2. The van der Waals surface area contributed by atoms with Gasteiger partial charge in [0.1, 0.15) is 0 Å². The molecule has 0 aliphatic heterocycles. The highest BCUT2D eigenvalue weighted by atomic mass is 32.5. The van der Waals surface area contributed by atoms with Gasteiger partial charge in [0.25, 0.3) is 5.08 Å². The normalized spacial score (nSPS) is 13.4. The van der Waals surface area contributed by atoms with E-state index >= 15 is 0 Å². The quantitative estimate of drug-likeness (QED) is 0.335. The predicted molar refractivity (Wildman–Crippen MR) is 66.8 cm³/mol. The van der Waals surface area contributed by atoms with Crippen LogP contribution in [-0.2, 0) is 33.1 Å². The summed E-state index contributed by atoms with van der Waals surface area (Å²) < 4.78 is 4.58. The summed E-state index contributed by atoms with van der Waals surface area (Å²) in [5.74, 6) is -1.03. The molecule has 0 aromatic rings. The Morgan fingerprint density at radius 2 is 1.56 bits per heavy atom. The van der Waals surface area contributed by atoms with E-state index in [0.717, 1.165) is 6.92 Å². The van der Waals surface area contributed by atoms with Gasteiger partial charge in [-0.25, -0.2) is 4.79 Å². The number of carbonyl (C=O) groups is 1. The van der Waals surface area contributed by atoms with Crippen LogP contribution < -0.4 is 0 Å². The Morgan fingerprint density at radius 1 is 1.25 bits per heavy atom. The number of hydrogen-bond acceptors (Lipinski definition) is 4. The first-order chi connectivity index (χ1) is 6.83. The molecule has 0 bridgehead atoms. The van der Waals surface area contributed by atoms with Crippen molar-refractivity contribution < 1.29 is 29.1 Å². The van der Waals surface area contributed by atoms with Gasteiger partial charge in [-0.05, 0) is 37.5 Å². The van der Waals surface area contributed by atoms with E-state index in [2.05, 4.69) is 34.9 Å². The molecule has 0 heterocycles. The monoisotopic (exact) mass is 306 g/mol. The molecule has 0 fully saturated rings. The Hall–Kier alpha value is 0.350. The van der Waals surface area contributed by atoms with E-state index in [1.165, 1.54) is 6.92 Å². The standard InChI is InChI=1S/C6H12O6P2S2/c1-4(2)5(7)12-6(3,13(8,9)15)14(10,11)16/h1H2,2-3H3,(H2,8,9,15)(H2,10,11,16). The van der Waals surface area contributed by atoms with Crippen LogP contribution in [0.4, 0.5) is 0 Å². The maximum absolute atomic E-state index is 11.2. The van der Waals surface area contributed by atoms with Gasteiger partial charge < -0.3 is 24.3 Å². The zero-order chi connectivity index (χ0) is 13.4. The second-order valence-corrected chi connectivity index (χ2v) is 10.5. The maximum Gasteiger partial charge on any atom is 0.334 e. The summed E-state index contributed by atoms with van der Waals surface area (Å²) in [6.07, 6.45) is 0. The molecule has 94 valence electrons. The molecule has 0 radical (unpaired) electrons. The smallest absolute Gasteiger partial charge is 0.334 e. The third-order valence-corrected chi connectivity index (χ3v) is 8.64. The van der Waals surface area contributed by atoms with E-state index in [1.807, 2.05) is 0 Å². The number of hydrogen-bond donors (Lipinski definition) is 4. The minimum Gasteiger partial charge on any atom is -0.435 e. The van der Waals surface area contributed by atoms with Gasteiger partial charge >= 0.3 is 5.97 Å². The van der Waals surface area contributed by atoms with Crippen molar-refractivity contribution in [2.75, 3.05) is 0 Å². The zero-order valence-electron chi connectivity index (χ0n) is 8.52. The fraction of sp³-hybridized carbons (Fsp3) is 0.500. The molecule has 6 nitrogen and oxygen atoms in total. The van der Waals surface area contributed by atoms with Gasteiger partial charge in [-0.1, -0.05) is 6.58 Å². The number of rotatable bonds is 4. The molecule has 0 saturated heterocycles. The van der Waals surface area contributed by atoms with E-state index in [4.69, 9.17) is 0 Å². The molecule has 0 unspecified atom stereocenters. The largest absolute Gasteiger partial charge is 0.435 e. The Kier molecular flexibility index (Phi) is 5.03. The van der Waals surface area contributed by atoms with Gasteiger partial charge in [0, 0.05) is 5.57 Å². The van der Waals surface area contributed by atoms with Gasteiger partial charge in [-0.15, -0.1) is 0 Å². The van der Waals surface area contributed by atoms with Crippen molar-refractivity contribution in [1.82, 2.24) is 0 Å². The fourth-order valence-corrected chi connectivity index (χ4v) is 5.05. The van der Waals surface area contributed by atoms with Crippen LogP contribution in [0, 0.1) is 0 Å². The lowest BCUT2D eigenvalue weighted by Crippen LogP contribution is -2.31. The van der Waals surface area contributed by atoms with Crippen molar-refractivity contribution in [2.24, 2.45) is 0 Å². The van der Waals surface area contributed by atoms with Crippen molar-refractivity contribution in [2.45, 2.75) is 18.9 Å². The summed E-state index contributed by atoms with van der Waals surface area (Å²) in [5, 5.41) is -2.46. The summed E-state index contributed by atoms with van der Waals surface area (Å²) >= 11 is 8.66. The van der Waals surface area contributed by atoms with Crippen molar-refractivity contribution >= 4 is 42.6 Å². The van der Waals surface area contributed by atoms with Gasteiger partial charge in [0.05, 0.1) is 0 Å². The summed E-state index contributed by atoms with van der Waals surface area (Å²) in [6, 6.07) is 0. The lowest BCUT2D eigenvalue weighted by atomic mass is 10.4. The van der Waals surface area contributed by atoms with E-state index in [9.17, 15) is 24.4 Å². The van der Waals surface area contributed by atoms with Gasteiger partial charge in [-0.3, -0.25) is 0 Å². The van der Waals surface area contributed by atoms with Crippen LogP contribution in [-0.4, -0.2) is 30.6 Å². The Bertz CT molecular complexity index is 385. The van der Waals surface area contributed by atoms with Crippen LogP contribution in [0.1, 0.15) is 13.8 Å². The topological polar surface area (TPSA) is 107 Å². The first kappa shape index (κ1) is 16.4. The fourth-order valence-electron chi connectivity index (χ4n) is 0.551. The molecule has 0 aromatic carbocycles. The highest BCUT2D eigenvalue weighted by molar-refractivity contribution is 8.19. The first-order valence-electron chi connectivity index (χ1n) is 3.83. The van der Waals surface area contributed by atoms with Crippen molar-refractivity contribution in [3.05, 3.63) is 12.2 Å². The third-order valence-electron chi connectivity index (χ3n) is 1.72. The maximum atomic E-state index is 11.2. The molecule has 10 heteroatoms. The Labute approximate surface area is 103 Å². The van der Waals surface area contributed by atoms with Crippen LogP contribution in [0.5, 0.6) is 0 Å². The highest BCUT2D eigenvalue weighted by Gasteiger charge is 2.53. The predicted octanol–water partition coefficient (Wildman–Crippen LogP) is 0.368. The molecule has 16 heavy (non-hydrogen) atoms. The molecular weight excluding hydrogens is 294 g/mol. The molecule has 0 saturated carbocycles. The second kappa shape index (κ2) is 4.92. The summed E-state index contributed by atoms with van der Waals surface area (Å²) in [6.45, 7) is -3.17. The van der Waals surface area contributed by atoms with Gasteiger partial charge in [0.15, 0.2) is 0 Å². The van der Waals surface area contributed by atoms with Crippen LogP contribution in [0.3, 0.4) is 0 Å². The van der Waals surface area contributed by atoms with Crippen LogP contribution in [0.15, 0.2) is 12.2 Å². The van der Waals surface area contributed by atoms with E-state index in [0.29, 0.717) is 0 Å². The average Bonchev–Trinajstić information content (AvgIpc) is 1.99. The summed E-state index contributed by atoms with van der Waals surface area (Å²) in [7, 11) is 0. The third kappa shape index (κ3) is 3.42. The van der Waals surface area contributed by atoms with Crippen molar-refractivity contribution in [3.8, 4) is 0 Å². The van der Waals surface area contributed by atoms with Crippen molar-refractivity contribution in [1.29, 1.82) is 0 Å². The summed E-state index contributed by atoms with van der Waals surface area (Å²) in [5.41, 5.74) is -0.0573.